The highest BCUT2D eigenvalue weighted by atomic mass is 19.3. The molecule has 0 aliphatic rings. The summed E-state index contributed by atoms with van der Waals surface area (Å²) in [6.07, 6.45) is 1.00. The summed E-state index contributed by atoms with van der Waals surface area (Å²) < 4.78 is 27.9. The summed E-state index contributed by atoms with van der Waals surface area (Å²) in [4.78, 5) is 11.5. The molecule has 0 heterocycles. The molecule has 0 spiro atoms. The Morgan fingerprint density at radius 3 is 2.17 bits per heavy atom. The van der Waals surface area contributed by atoms with Crippen LogP contribution in [-0.2, 0) is 4.79 Å². The van der Waals surface area contributed by atoms with Gasteiger partial charge in [0.1, 0.15) is 0 Å². The molecule has 0 aliphatic carbocycles. The minimum absolute atomic E-state index is 0.473. The van der Waals surface area contributed by atoms with Gasteiger partial charge in [0, 0.05) is 0 Å². The Bertz CT molecular complexity index is 454. The van der Waals surface area contributed by atoms with E-state index in [2.05, 4.69) is 0 Å². The smallest absolute Gasteiger partial charge is 0.288 e. The Balaban J connectivity index is 3.01. The minimum atomic E-state index is -3.37. The highest BCUT2D eigenvalue weighted by Crippen LogP contribution is 2.34. The van der Waals surface area contributed by atoms with Crippen LogP contribution in [0.15, 0.2) is 35.9 Å². The maximum absolute atomic E-state index is 14.0. The monoisotopic (exact) mass is 252 g/mol. The van der Waals surface area contributed by atoms with Gasteiger partial charge in [-0.05, 0) is 32.4 Å². The molecule has 1 rings (SSSR count). The van der Waals surface area contributed by atoms with Crippen molar-refractivity contribution >= 4 is 5.78 Å². The van der Waals surface area contributed by atoms with Crippen LogP contribution in [0.2, 0.25) is 0 Å². The molecule has 1 aromatic carbocycles. The van der Waals surface area contributed by atoms with Gasteiger partial charge in [0.25, 0.3) is 0 Å². The normalized spacial score (nSPS) is 13.0. The third-order valence-electron chi connectivity index (χ3n) is 2.87. The number of allylic oxidation sites excluding steroid dienone is 2. The fraction of sp³-hybridized carbons (Fsp3) is 0.400. The Morgan fingerprint density at radius 1 is 1.22 bits per heavy atom. The average Bonchev–Trinajstić information content (AvgIpc) is 2.28. The molecule has 0 aliphatic heterocycles. The van der Waals surface area contributed by atoms with Crippen molar-refractivity contribution in [3.05, 3.63) is 47.0 Å². The van der Waals surface area contributed by atoms with Crippen LogP contribution in [0.4, 0.5) is 8.78 Å². The van der Waals surface area contributed by atoms with Crippen molar-refractivity contribution < 1.29 is 13.6 Å². The maximum atomic E-state index is 14.0. The van der Waals surface area contributed by atoms with Crippen molar-refractivity contribution in [3.8, 4) is 0 Å². The molecule has 0 saturated carbocycles. The second-order valence-electron chi connectivity index (χ2n) is 4.84. The summed E-state index contributed by atoms with van der Waals surface area (Å²) >= 11 is 0. The number of halogens is 2. The Hall–Kier alpha value is -1.51. The van der Waals surface area contributed by atoms with Crippen LogP contribution in [0.25, 0.3) is 0 Å². The number of ketones is 1. The molecule has 0 bridgehead atoms. The number of benzene rings is 1. The van der Waals surface area contributed by atoms with Crippen molar-refractivity contribution in [3.63, 3.8) is 0 Å². The summed E-state index contributed by atoms with van der Waals surface area (Å²) in [6.45, 7) is 6.53. The van der Waals surface area contributed by atoms with E-state index in [1.54, 1.807) is 38.1 Å². The number of aryl methyl sites for hydroxylation is 1. The van der Waals surface area contributed by atoms with Crippen LogP contribution < -0.4 is 0 Å². The number of carbonyl (C=O) groups is 1. The zero-order valence-corrected chi connectivity index (χ0v) is 11.1. The van der Waals surface area contributed by atoms with Crippen molar-refractivity contribution in [2.24, 2.45) is 0 Å². The molecule has 0 N–H and O–H groups in total. The van der Waals surface area contributed by atoms with Crippen LogP contribution in [-0.4, -0.2) is 11.7 Å². The SMILES string of the molecule is CC(C)=CC(=O)C(F)(F)C(C)c1ccc(C)cc1. The van der Waals surface area contributed by atoms with Crippen LogP contribution in [0.1, 0.15) is 37.8 Å². The lowest BCUT2D eigenvalue weighted by atomic mass is 9.91. The standard InChI is InChI=1S/C15H18F2O/c1-10(2)9-14(18)15(16,17)12(4)13-7-5-11(3)6-8-13/h5-9,12H,1-4H3. The Morgan fingerprint density at radius 2 is 1.72 bits per heavy atom. The third-order valence-corrected chi connectivity index (χ3v) is 2.87. The van der Waals surface area contributed by atoms with Gasteiger partial charge in [0.05, 0.1) is 5.92 Å². The quantitative estimate of drug-likeness (QED) is 0.731. The predicted molar refractivity (Wildman–Crippen MR) is 69.0 cm³/mol. The van der Waals surface area contributed by atoms with Crippen LogP contribution >= 0.6 is 0 Å². The molecule has 0 radical (unpaired) electrons. The number of rotatable bonds is 4. The van der Waals surface area contributed by atoms with Crippen molar-refractivity contribution in [1.82, 2.24) is 0 Å². The predicted octanol–water partition coefficient (Wildman–Crippen LogP) is 4.27. The van der Waals surface area contributed by atoms with E-state index in [9.17, 15) is 13.6 Å². The minimum Gasteiger partial charge on any atom is -0.288 e. The fourth-order valence-electron chi connectivity index (χ4n) is 1.64. The number of hydrogen-bond donors (Lipinski definition) is 0. The van der Waals surface area contributed by atoms with Gasteiger partial charge in [-0.1, -0.05) is 42.3 Å². The largest absolute Gasteiger partial charge is 0.315 e. The Labute approximate surface area is 107 Å². The van der Waals surface area contributed by atoms with Gasteiger partial charge in [-0.15, -0.1) is 0 Å². The molecule has 3 heteroatoms. The lowest BCUT2D eigenvalue weighted by Gasteiger charge is -2.21. The van der Waals surface area contributed by atoms with Crippen LogP contribution in [0, 0.1) is 6.92 Å². The third kappa shape index (κ3) is 3.25. The van der Waals surface area contributed by atoms with Gasteiger partial charge in [-0.3, -0.25) is 4.79 Å². The maximum Gasteiger partial charge on any atom is 0.315 e. The molecule has 0 fully saturated rings. The van der Waals surface area contributed by atoms with E-state index in [0.29, 0.717) is 11.1 Å². The Kier molecular flexibility index (Phi) is 4.38. The molecule has 0 aromatic heterocycles. The molecule has 0 amide bonds. The first-order valence-corrected chi connectivity index (χ1v) is 5.89. The first kappa shape index (κ1) is 14.6. The first-order chi connectivity index (χ1) is 8.25. The summed E-state index contributed by atoms with van der Waals surface area (Å²) in [5.41, 5.74) is 2.06. The molecule has 1 atom stereocenters. The fourth-order valence-corrected chi connectivity index (χ4v) is 1.64. The number of hydrogen-bond acceptors (Lipinski definition) is 1. The molecule has 98 valence electrons. The highest BCUT2D eigenvalue weighted by molar-refractivity contribution is 5.96. The van der Waals surface area contributed by atoms with E-state index in [4.69, 9.17) is 0 Å². The molecule has 1 aromatic rings. The molecule has 1 unspecified atom stereocenters. The van der Waals surface area contributed by atoms with Gasteiger partial charge in [-0.25, -0.2) is 0 Å². The lowest BCUT2D eigenvalue weighted by Crippen LogP contribution is -2.33. The van der Waals surface area contributed by atoms with E-state index >= 15 is 0 Å². The summed E-state index contributed by atoms with van der Waals surface area (Å²) in [5, 5.41) is 0. The van der Waals surface area contributed by atoms with Gasteiger partial charge in [0.2, 0.25) is 5.78 Å². The second-order valence-corrected chi connectivity index (χ2v) is 4.84. The number of alkyl halides is 2. The summed E-state index contributed by atoms with van der Waals surface area (Å²) in [6, 6.07) is 6.83. The first-order valence-electron chi connectivity index (χ1n) is 5.89. The molecule has 1 nitrogen and oxygen atoms in total. The van der Waals surface area contributed by atoms with Gasteiger partial charge < -0.3 is 0 Å². The average molecular weight is 252 g/mol. The van der Waals surface area contributed by atoms with Crippen molar-refractivity contribution in [2.75, 3.05) is 0 Å². The topological polar surface area (TPSA) is 17.1 Å². The molecule has 18 heavy (non-hydrogen) atoms. The molecular weight excluding hydrogens is 234 g/mol. The van der Waals surface area contributed by atoms with Crippen molar-refractivity contribution in [2.45, 2.75) is 39.5 Å². The van der Waals surface area contributed by atoms with Gasteiger partial charge in [0.15, 0.2) is 0 Å². The summed E-state index contributed by atoms with van der Waals surface area (Å²) in [7, 11) is 0. The second kappa shape index (κ2) is 5.42. The molecular formula is C15H18F2O. The van der Waals surface area contributed by atoms with E-state index in [0.717, 1.165) is 11.6 Å². The lowest BCUT2D eigenvalue weighted by molar-refractivity contribution is -0.140. The number of carbonyl (C=O) groups excluding carboxylic acids is 1. The van der Waals surface area contributed by atoms with E-state index in [-0.39, 0.29) is 0 Å². The summed E-state index contributed by atoms with van der Waals surface area (Å²) in [5.74, 6) is -5.62. The van der Waals surface area contributed by atoms with E-state index in [1.807, 2.05) is 6.92 Å². The molecule has 0 saturated heterocycles. The highest BCUT2D eigenvalue weighted by Gasteiger charge is 2.43. The van der Waals surface area contributed by atoms with Crippen LogP contribution in [0.3, 0.4) is 0 Å². The van der Waals surface area contributed by atoms with E-state index < -0.39 is 17.6 Å². The van der Waals surface area contributed by atoms with Gasteiger partial charge in [-0.2, -0.15) is 8.78 Å². The van der Waals surface area contributed by atoms with Crippen LogP contribution in [0.5, 0.6) is 0 Å². The zero-order valence-electron chi connectivity index (χ0n) is 11.1. The zero-order chi connectivity index (χ0) is 13.9. The van der Waals surface area contributed by atoms with E-state index in [1.165, 1.54) is 6.92 Å². The van der Waals surface area contributed by atoms with Crippen molar-refractivity contribution in [1.29, 1.82) is 0 Å². The van der Waals surface area contributed by atoms with Gasteiger partial charge >= 0.3 is 5.92 Å².